The summed E-state index contributed by atoms with van der Waals surface area (Å²) in [5.41, 5.74) is 2.27. The van der Waals surface area contributed by atoms with E-state index in [1.54, 1.807) is 18.2 Å². The standard InChI is InChI=1S/C48H66N4O5/c1-44(2,24-25-49)36-16-23-48(22-15-35-34(40(36)48)13-14-38-46(35,5)20-17-37-45(3,4)39(53)18-21-47(37,38)6)43(56)50-26-19-30-9-8-10-31(27-30)41(54)52-29-33-12-11-32(28-51-33)42(55)57-7/h8-12,27-28,34-40,53H,13-24,26,29H2,1-7H3,(H,50,56)(H,52,54). The van der Waals surface area contributed by atoms with Crippen molar-refractivity contribution in [2.45, 2.75) is 131 Å². The van der Waals surface area contributed by atoms with Crippen molar-refractivity contribution in [2.75, 3.05) is 13.7 Å². The first-order chi connectivity index (χ1) is 27.0. The number of hydrogen-bond acceptors (Lipinski definition) is 7. The highest BCUT2D eigenvalue weighted by Gasteiger charge is 2.69. The summed E-state index contributed by atoms with van der Waals surface area (Å²) in [5.74, 6) is 2.27. The van der Waals surface area contributed by atoms with Crippen LogP contribution in [0.25, 0.3) is 0 Å². The lowest BCUT2D eigenvalue weighted by atomic mass is 9.36. The van der Waals surface area contributed by atoms with Crippen LogP contribution in [-0.4, -0.2) is 47.6 Å². The average molecular weight is 779 g/mol. The highest BCUT2D eigenvalue weighted by molar-refractivity contribution is 5.94. The van der Waals surface area contributed by atoms with Gasteiger partial charge in [-0.05, 0) is 158 Å². The van der Waals surface area contributed by atoms with Crippen LogP contribution >= 0.6 is 0 Å². The van der Waals surface area contributed by atoms with Crippen LogP contribution in [0.2, 0.25) is 0 Å². The molecule has 0 radical (unpaired) electrons. The predicted molar refractivity (Wildman–Crippen MR) is 219 cm³/mol. The number of nitriles is 1. The van der Waals surface area contributed by atoms with E-state index >= 15 is 0 Å². The number of esters is 1. The zero-order chi connectivity index (χ0) is 41.0. The minimum absolute atomic E-state index is 0.0729. The maximum atomic E-state index is 14.8. The van der Waals surface area contributed by atoms with Crippen LogP contribution in [-0.2, 0) is 22.5 Å². The summed E-state index contributed by atoms with van der Waals surface area (Å²) in [5, 5.41) is 27.4. The fourth-order valence-corrected chi connectivity index (χ4v) is 14.3. The molecule has 7 rings (SSSR count). The molecule has 5 aliphatic carbocycles. The molecule has 10 unspecified atom stereocenters. The molecule has 57 heavy (non-hydrogen) atoms. The van der Waals surface area contributed by atoms with Crippen LogP contribution in [0.3, 0.4) is 0 Å². The highest BCUT2D eigenvalue weighted by Crippen LogP contribution is 2.74. The van der Waals surface area contributed by atoms with E-state index in [-0.39, 0.29) is 52.0 Å². The second-order valence-electron chi connectivity index (χ2n) is 20.5. The number of hydrogen-bond donors (Lipinski definition) is 3. The lowest BCUT2D eigenvalue weighted by molar-refractivity contribution is -0.218. The number of nitrogens with zero attached hydrogens (tertiary/aromatic N) is 2. The third kappa shape index (κ3) is 7.10. The molecule has 2 aromatic rings. The van der Waals surface area contributed by atoms with Gasteiger partial charge in [0.25, 0.3) is 5.91 Å². The van der Waals surface area contributed by atoms with Crippen LogP contribution in [0.5, 0.6) is 0 Å². The van der Waals surface area contributed by atoms with E-state index in [0.29, 0.717) is 65.8 Å². The first kappa shape index (κ1) is 41.4. The van der Waals surface area contributed by atoms with Crippen LogP contribution in [0.15, 0.2) is 42.6 Å². The van der Waals surface area contributed by atoms with Gasteiger partial charge in [-0.15, -0.1) is 0 Å². The summed E-state index contributed by atoms with van der Waals surface area (Å²) in [6, 6.07) is 13.4. The summed E-state index contributed by atoms with van der Waals surface area (Å²) >= 11 is 0. The molecular weight excluding hydrogens is 713 g/mol. The van der Waals surface area contributed by atoms with Gasteiger partial charge in [0.15, 0.2) is 0 Å². The number of carbonyl (C=O) groups excluding carboxylic acids is 3. The number of ether oxygens (including phenoxy) is 1. The molecule has 5 aliphatic rings. The molecule has 0 bridgehead atoms. The Kier molecular flexibility index (Phi) is 11.2. The number of carbonyl (C=O) groups is 3. The monoisotopic (exact) mass is 779 g/mol. The van der Waals surface area contributed by atoms with E-state index in [1.165, 1.54) is 32.6 Å². The molecule has 1 aromatic heterocycles. The zero-order valence-electron chi connectivity index (χ0n) is 35.5. The van der Waals surface area contributed by atoms with E-state index < -0.39 is 11.4 Å². The lowest BCUT2D eigenvalue weighted by Crippen LogP contribution is -2.64. The third-order valence-electron chi connectivity index (χ3n) is 17.1. The second-order valence-corrected chi connectivity index (χ2v) is 20.5. The van der Waals surface area contributed by atoms with Crippen molar-refractivity contribution in [2.24, 2.45) is 62.6 Å². The van der Waals surface area contributed by atoms with Crippen molar-refractivity contribution in [1.29, 1.82) is 5.26 Å². The number of rotatable bonds is 10. The molecule has 308 valence electrons. The number of nitrogens with one attached hydrogen (secondary N) is 2. The number of fused-ring (bicyclic) bond motifs is 7. The summed E-state index contributed by atoms with van der Waals surface area (Å²) in [6.45, 7) is 15.1. The molecule has 1 aromatic carbocycles. The van der Waals surface area contributed by atoms with Gasteiger partial charge >= 0.3 is 5.97 Å². The van der Waals surface area contributed by atoms with Crippen molar-refractivity contribution < 1.29 is 24.2 Å². The second kappa shape index (κ2) is 15.4. The molecule has 0 spiro atoms. The van der Waals surface area contributed by atoms with Gasteiger partial charge in [-0.25, -0.2) is 4.79 Å². The molecule has 2 amide bonds. The van der Waals surface area contributed by atoms with Crippen LogP contribution in [0.4, 0.5) is 0 Å². The zero-order valence-corrected chi connectivity index (χ0v) is 35.5. The van der Waals surface area contributed by atoms with Gasteiger partial charge in [-0.2, -0.15) is 5.26 Å². The Morgan fingerprint density at radius 1 is 0.912 bits per heavy atom. The normalized spacial score (nSPS) is 35.3. The Labute approximate surface area is 340 Å². The quantitative estimate of drug-likeness (QED) is 0.206. The molecule has 1 heterocycles. The largest absolute Gasteiger partial charge is 0.465 e. The Morgan fingerprint density at radius 2 is 1.67 bits per heavy atom. The first-order valence-corrected chi connectivity index (χ1v) is 21.8. The van der Waals surface area contributed by atoms with E-state index in [9.17, 15) is 24.8 Å². The van der Waals surface area contributed by atoms with E-state index in [0.717, 1.165) is 50.5 Å². The molecule has 0 aliphatic heterocycles. The van der Waals surface area contributed by atoms with Gasteiger partial charge in [-0.3, -0.25) is 14.6 Å². The molecule has 3 N–H and O–H groups in total. The van der Waals surface area contributed by atoms with Crippen molar-refractivity contribution in [3.8, 4) is 6.07 Å². The Bertz CT molecular complexity index is 1890. The Hall–Kier alpha value is -3.77. The third-order valence-corrected chi connectivity index (χ3v) is 17.1. The van der Waals surface area contributed by atoms with E-state index in [1.807, 2.05) is 18.2 Å². The average Bonchev–Trinajstić information content (AvgIpc) is 3.61. The number of pyridine rings is 1. The molecule has 0 saturated heterocycles. The number of methoxy groups -OCH3 is 1. The van der Waals surface area contributed by atoms with Crippen LogP contribution < -0.4 is 10.6 Å². The Morgan fingerprint density at radius 3 is 2.39 bits per heavy atom. The molecule has 9 heteroatoms. The van der Waals surface area contributed by atoms with Crippen molar-refractivity contribution in [1.82, 2.24) is 15.6 Å². The summed E-state index contributed by atoms with van der Waals surface area (Å²) in [7, 11) is 1.32. The van der Waals surface area contributed by atoms with Crippen LogP contribution in [0, 0.1) is 73.9 Å². The molecule has 5 saturated carbocycles. The summed E-state index contributed by atoms with van der Waals surface area (Å²) < 4.78 is 4.73. The van der Waals surface area contributed by atoms with Gasteiger partial charge in [0.1, 0.15) is 0 Å². The smallest absolute Gasteiger partial charge is 0.339 e. The molecule has 5 fully saturated rings. The fourth-order valence-electron chi connectivity index (χ4n) is 14.3. The molecule has 9 nitrogen and oxygen atoms in total. The van der Waals surface area contributed by atoms with Gasteiger partial charge in [0, 0.05) is 24.7 Å². The first-order valence-electron chi connectivity index (χ1n) is 21.8. The number of aliphatic hydroxyl groups is 1. The van der Waals surface area contributed by atoms with Gasteiger partial charge in [0.05, 0.1) is 42.5 Å². The van der Waals surface area contributed by atoms with Crippen molar-refractivity contribution in [3.05, 3.63) is 65.0 Å². The fraction of sp³-hybridized carbons (Fsp3) is 0.688. The van der Waals surface area contributed by atoms with Gasteiger partial charge in [-0.1, -0.05) is 53.7 Å². The van der Waals surface area contributed by atoms with E-state index in [2.05, 4.69) is 63.2 Å². The van der Waals surface area contributed by atoms with E-state index in [4.69, 9.17) is 4.74 Å². The maximum Gasteiger partial charge on any atom is 0.339 e. The number of aromatic nitrogens is 1. The lowest BCUT2D eigenvalue weighted by Gasteiger charge is -2.69. The number of amides is 2. The van der Waals surface area contributed by atoms with Gasteiger partial charge < -0.3 is 20.5 Å². The summed E-state index contributed by atoms with van der Waals surface area (Å²) in [6.07, 6.45) is 12.9. The van der Waals surface area contributed by atoms with Crippen LogP contribution in [0.1, 0.15) is 144 Å². The topological polar surface area (TPSA) is 141 Å². The maximum absolute atomic E-state index is 14.8. The minimum atomic E-state index is -0.458. The van der Waals surface area contributed by atoms with Crippen molar-refractivity contribution in [3.63, 3.8) is 0 Å². The predicted octanol–water partition coefficient (Wildman–Crippen LogP) is 8.45. The van der Waals surface area contributed by atoms with Gasteiger partial charge in [0.2, 0.25) is 5.91 Å². The number of aliphatic hydroxyl groups excluding tert-OH is 1. The number of benzene rings is 1. The molecule has 10 atom stereocenters. The molecular formula is C48H66N4O5. The highest BCUT2D eigenvalue weighted by atomic mass is 16.5. The van der Waals surface area contributed by atoms with Crippen molar-refractivity contribution >= 4 is 17.8 Å². The Balaban J connectivity index is 1.05. The SMILES string of the molecule is COC(=O)c1ccc(CNC(=O)c2cccc(CCNC(=O)C34CCC(C(C)(C)CC#N)C3C3CCC5C(C)(CCC6C(C)(C)C(O)CCC65C)C3CC4)c2)nc1. The summed E-state index contributed by atoms with van der Waals surface area (Å²) in [4.78, 5) is 43.9. The minimum Gasteiger partial charge on any atom is -0.465 e.